The van der Waals surface area contributed by atoms with Gasteiger partial charge < -0.3 is 23.9 Å². The van der Waals surface area contributed by atoms with Gasteiger partial charge >= 0.3 is 0 Å². The van der Waals surface area contributed by atoms with Crippen molar-refractivity contribution < 1.29 is 28.3 Å². The SMILES string of the molecule is CCOc1ccc(OCc2ccc(C(=O)Nc3cc(Oc4ccc(Cl)cc4)cc([N+](=O)[O-])c3)o2)cc1. The van der Waals surface area contributed by atoms with Crippen LogP contribution in [0.15, 0.2) is 83.3 Å². The fourth-order valence-electron chi connectivity index (χ4n) is 3.18. The van der Waals surface area contributed by atoms with Crippen molar-refractivity contribution in [2.75, 3.05) is 11.9 Å². The molecule has 4 aromatic rings. The molecule has 36 heavy (non-hydrogen) atoms. The van der Waals surface area contributed by atoms with E-state index in [1.165, 1.54) is 24.3 Å². The lowest BCUT2D eigenvalue weighted by Crippen LogP contribution is -2.11. The second-order valence-corrected chi connectivity index (χ2v) is 7.88. The Balaban J connectivity index is 1.42. The van der Waals surface area contributed by atoms with Gasteiger partial charge in [-0.25, -0.2) is 0 Å². The van der Waals surface area contributed by atoms with Crippen LogP contribution in [0.25, 0.3) is 0 Å². The van der Waals surface area contributed by atoms with Crippen LogP contribution in [0.5, 0.6) is 23.0 Å². The molecule has 0 atom stereocenters. The van der Waals surface area contributed by atoms with E-state index in [0.717, 1.165) is 5.75 Å². The van der Waals surface area contributed by atoms with E-state index in [0.29, 0.717) is 28.9 Å². The molecule has 1 amide bonds. The maximum atomic E-state index is 12.7. The molecule has 0 radical (unpaired) electrons. The minimum Gasteiger partial charge on any atom is -0.494 e. The average molecular weight is 509 g/mol. The summed E-state index contributed by atoms with van der Waals surface area (Å²) in [4.78, 5) is 23.5. The number of hydrogen-bond acceptors (Lipinski definition) is 7. The minimum atomic E-state index is -0.583. The lowest BCUT2D eigenvalue weighted by Gasteiger charge is -2.09. The normalized spacial score (nSPS) is 10.5. The molecule has 184 valence electrons. The molecule has 1 aromatic heterocycles. The Morgan fingerprint density at radius 3 is 2.25 bits per heavy atom. The molecule has 0 aliphatic heterocycles. The number of nitrogens with zero attached hydrogens (tertiary/aromatic N) is 1. The highest BCUT2D eigenvalue weighted by Gasteiger charge is 2.16. The van der Waals surface area contributed by atoms with Gasteiger partial charge in [-0.1, -0.05) is 11.6 Å². The van der Waals surface area contributed by atoms with Crippen LogP contribution in [0.2, 0.25) is 5.02 Å². The van der Waals surface area contributed by atoms with Gasteiger partial charge in [0.2, 0.25) is 0 Å². The van der Waals surface area contributed by atoms with Crippen LogP contribution in [0.4, 0.5) is 11.4 Å². The van der Waals surface area contributed by atoms with Gasteiger partial charge in [-0.05, 0) is 67.6 Å². The Bertz CT molecular complexity index is 1350. The maximum Gasteiger partial charge on any atom is 0.291 e. The van der Waals surface area contributed by atoms with Crippen LogP contribution in [0.3, 0.4) is 0 Å². The molecular formula is C26H21ClN2O7. The molecule has 0 saturated carbocycles. The monoisotopic (exact) mass is 508 g/mol. The van der Waals surface area contributed by atoms with Gasteiger partial charge in [-0.2, -0.15) is 0 Å². The van der Waals surface area contributed by atoms with Crippen molar-refractivity contribution in [3.63, 3.8) is 0 Å². The lowest BCUT2D eigenvalue weighted by molar-refractivity contribution is -0.384. The quantitative estimate of drug-likeness (QED) is 0.184. The zero-order chi connectivity index (χ0) is 25.5. The average Bonchev–Trinajstić information content (AvgIpc) is 3.34. The second-order valence-electron chi connectivity index (χ2n) is 7.44. The molecule has 0 fully saturated rings. The van der Waals surface area contributed by atoms with Crippen LogP contribution in [0.1, 0.15) is 23.2 Å². The van der Waals surface area contributed by atoms with Crippen molar-refractivity contribution >= 4 is 28.9 Å². The summed E-state index contributed by atoms with van der Waals surface area (Å²) in [6.07, 6.45) is 0. The van der Waals surface area contributed by atoms with Crippen LogP contribution in [-0.2, 0) is 6.61 Å². The minimum absolute atomic E-state index is 0.0203. The van der Waals surface area contributed by atoms with Crippen LogP contribution >= 0.6 is 11.6 Å². The Hall–Kier alpha value is -4.50. The number of rotatable bonds is 10. The molecule has 1 N–H and O–H groups in total. The highest BCUT2D eigenvalue weighted by Crippen LogP contribution is 2.30. The van der Waals surface area contributed by atoms with E-state index in [1.54, 1.807) is 54.6 Å². The number of furan rings is 1. The fraction of sp³-hybridized carbons (Fsp3) is 0.115. The molecule has 9 nitrogen and oxygen atoms in total. The van der Waals surface area contributed by atoms with Crippen molar-refractivity contribution in [1.82, 2.24) is 0 Å². The standard InChI is InChI=1S/C26H21ClN2O7/c1-2-33-20-7-9-21(10-8-20)34-16-23-11-12-25(36-23)26(30)28-18-13-19(29(31)32)15-24(14-18)35-22-5-3-17(27)4-6-22/h3-15H,2,16H2,1H3,(H,28,30). The number of ether oxygens (including phenoxy) is 3. The number of anilines is 1. The van der Waals surface area contributed by atoms with E-state index in [4.69, 9.17) is 30.2 Å². The summed E-state index contributed by atoms with van der Waals surface area (Å²) in [6, 6.07) is 20.7. The van der Waals surface area contributed by atoms with Crippen molar-refractivity contribution in [2.24, 2.45) is 0 Å². The topological polar surface area (TPSA) is 113 Å². The Labute approximate surface area is 211 Å². The molecule has 10 heteroatoms. The van der Waals surface area contributed by atoms with Crippen molar-refractivity contribution in [3.05, 3.63) is 106 Å². The molecular weight excluding hydrogens is 488 g/mol. The van der Waals surface area contributed by atoms with Gasteiger partial charge in [-0.15, -0.1) is 0 Å². The van der Waals surface area contributed by atoms with Gasteiger partial charge in [0.05, 0.1) is 23.3 Å². The number of non-ortho nitro benzene ring substituents is 1. The molecule has 0 bridgehead atoms. The highest BCUT2D eigenvalue weighted by molar-refractivity contribution is 6.30. The third-order valence-corrected chi connectivity index (χ3v) is 5.06. The molecule has 3 aromatic carbocycles. The van der Waals surface area contributed by atoms with Crippen LogP contribution in [-0.4, -0.2) is 17.4 Å². The first-order valence-corrected chi connectivity index (χ1v) is 11.3. The number of halogens is 1. The van der Waals surface area contributed by atoms with Crippen molar-refractivity contribution in [2.45, 2.75) is 13.5 Å². The first kappa shape index (κ1) is 24.6. The molecule has 0 spiro atoms. The van der Waals surface area contributed by atoms with E-state index in [9.17, 15) is 14.9 Å². The van der Waals surface area contributed by atoms with Gasteiger partial charge in [-0.3, -0.25) is 14.9 Å². The molecule has 0 unspecified atom stereocenters. The number of carbonyl (C=O) groups is 1. The molecule has 0 aliphatic rings. The van der Waals surface area contributed by atoms with E-state index < -0.39 is 10.8 Å². The number of carbonyl (C=O) groups excluding carboxylic acids is 1. The third-order valence-electron chi connectivity index (χ3n) is 4.81. The van der Waals surface area contributed by atoms with E-state index in [-0.39, 0.29) is 29.5 Å². The lowest BCUT2D eigenvalue weighted by atomic mass is 10.2. The largest absolute Gasteiger partial charge is 0.494 e. The number of benzene rings is 3. The van der Waals surface area contributed by atoms with Crippen molar-refractivity contribution in [3.8, 4) is 23.0 Å². The first-order valence-electron chi connectivity index (χ1n) is 10.9. The van der Waals surface area contributed by atoms with E-state index >= 15 is 0 Å². The Morgan fingerprint density at radius 2 is 1.58 bits per heavy atom. The summed E-state index contributed by atoms with van der Waals surface area (Å²) in [6.45, 7) is 2.59. The maximum absolute atomic E-state index is 12.7. The summed E-state index contributed by atoms with van der Waals surface area (Å²) >= 11 is 5.88. The van der Waals surface area contributed by atoms with Gasteiger partial charge in [0, 0.05) is 17.2 Å². The van der Waals surface area contributed by atoms with E-state index in [2.05, 4.69) is 5.32 Å². The summed E-state index contributed by atoms with van der Waals surface area (Å²) in [5, 5.41) is 14.5. The first-order chi connectivity index (χ1) is 17.4. The molecule has 1 heterocycles. The molecule has 0 aliphatic carbocycles. The Kier molecular flexibility index (Phi) is 7.72. The van der Waals surface area contributed by atoms with Gasteiger partial charge in [0.15, 0.2) is 5.76 Å². The fourth-order valence-corrected chi connectivity index (χ4v) is 3.31. The van der Waals surface area contributed by atoms with Gasteiger partial charge in [0.25, 0.3) is 11.6 Å². The van der Waals surface area contributed by atoms with E-state index in [1.807, 2.05) is 6.92 Å². The smallest absolute Gasteiger partial charge is 0.291 e. The number of nitro groups is 1. The van der Waals surface area contributed by atoms with Crippen LogP contribution < -0.4 is 19.5 Å². The molecule has 4 rings (SSSR count). The summed E-state index contributed by atoms with van der Waals surface area (Å²) < 4.78 is 22.3. The predicted octanol–water partition coefficient (Wildman–Crippen LogP) is 6.86. The van der Waals surface area contributed by atoms with Crippen molar-refractivity contribution in [1.29, 1.82) is 0 Å². The third kappa shape index (κ3) is 6.55. The number of hydrogen-bond donors (Lipinski definition) is 1. The Morgan fingerprint density at radius 1 is 0.917 bits per heavy atom. The number of amides is 1. The number of nitro benzene ring substituents is 1. The van der Waals surface area contributed by atoms with Crippen LogP contribution in [0, 0.1) is 10.1 Å². The summed E-state index contributed by atoms with van der Waals surface area (Å²) in [5.74, 6) is 1.83. The summed E-state index contributed by atoms with van der Waals surface area (Å²) in [5.41, 5.74) is -0.0811. The highest BCUT2D eigenvalue weighted by atomic mass is 35.5. The second kappa shape index (κ2) is 11.3. The zero-order valence-corrected chi connectivity index (χ0v) is 19.9. The summed E-state index contributed by atoms with van der Waals surface area (Å²) in [7, 11) is 0. The van der Waals surface area contributed by atoms with Gasteiger partial charge in [0.1, 0.15) is 35.4 Å². The predicted molar refractivity (Wildman–Crippen MR) is 133 cm³/mol. The zero-order valence-electron chi connectivity index (χ0n) is 19.1. The molecule has 0 saturated heterocycles. The number of nitrogens with one attached hydrogen (secondary N) is 1.